The van der Waals surface area contributed by atoms with E-state index in [0.717, 1.165) is 24.2 Å². The molecule has 1 unspecified atom stereocenters. The van der Waals surface area contributed by atoms with Gasteiger partial charge >= 0.3 is 0 Å². The van der Waals surface area contributed by atoms with Gasteiger partial charge in [-0.25, -0.2) is 0 Å². The zero-order valence-corrected chi connectivity index (χ0v) is 13.5. The molecule has 2 N–H and O–H groups in total. The molecule has 21 heavy (non-hydrogen) atoms. The second-order valence-corrected chi connectivity index (χ2v) is 5.65. The molecule has 118 valence electrons. The van der Waals surface area contributed by atoms with E-state index in [1.165, 1.54) is 0 Å². The van der Waals surface area contributed by atoms with Crippen molar-refractivity contribution in [3.63, 3.8) is 0 Å². The lowest BCUT2D eigenvalue weighted by atomic mass is 10.0. The summed E-state index contributed by atoms with van der Waals surface area (Å²) in [5.41, 5.74) is 6.63. The smallest absolute Gasteiger partial charge is 0.222 e. The summed E-state index contributed by atoms with van der Waals surface area (Å²) < 4.78 is 5.71. The van der Waals surface area contributed by atoms with Crippen LogP contribution in [-0.2, 0) is 4.79 Å². The van der Waals surface area contributed by atoms with Crippen LogP contribution in [0.5, 0.6) is 5.75 Å². The first-order valence-electron chi connectivity index (χ1n) is 7.67. The maximum absolute atomic E-state index is 12.0. The Morgan fingerprint density at radius 2 is 2.05 bits per heavy atom. The Hall–Kier alpha value is -1.55. The lowest BCUT2D eigenvalue weighted by molar-refractivity contribution is -0.130. The van der Waals surface area contributed by atoms with Crippen molar-refractivity contribution in [2.45, 2.75) is 33.1 Å². The Bertz CT molecular complexity index is 435. The number of likely N-dealkylation sites (N-methyl/N-ethyl adjacent to an activating group) is 1. The maximum atomic E-state index is 12.0. The van der Waals surface area contributed by atoms with Crippen LogP contribution in [0.4, 0.5) is 0 Å². The molecular formula is C17H28N2O2. The maximum Gasteiger partial charge on any atom is 0.222 e. The standard InChI is InChI=1S/C17H28N2O2/c1-14(10-11-18)8-9-17(20)19(3)12-13-21-16-7-5-4-6-15(16)2/h4-7,14H,8-13,18H2,1-3H3. The second-order valence-electron chi connectivity index (χ2n) is 5.65. The zero-order chi connectivity index (χ0) is 15.7. The number of hydrogen-bond donors (Lipinski definition) is 1. The third kappa shape index (κ3) is 6.63. The number of nitrogens with two attached hydrogens (primary N) is 1. The van der Waals surface area contributed by atoms with E-state index in [2.05, 4.69) is 6.92 Å². The molecule has 1 amide bonds. The van der Waals surface area contributed by atoms with E-state index in [-0.39, 0.29) is 5.91 Å². The average Bonchev–Trinajstić information content (AvgIpc) is 2.47. The summed E-state index contributed by atoms with van der Waals surface area (Å²) in [6.07, 6.45) is 2.47. The highest BCUT2D eigenvalue weighted by Crippen LogP contribution is 2.16. The molecule has 1 aromatic carbocycles. The zero-order valence-electron chi connectivity index (χ0n) is 13.5. The van der Waals surface area contributed by atoms with Gasteiger partial charge in [-0.15, -0.1) is 0 Å². The molecule has 1 aromatic rings. The summed E-state index contributed by atoms with van der Waals surface area (Å²) in [6, 6.07) is 7.91. The van der Waals surface area contributed by atoms with Gasteiger partial charge in [0, 0.05) is 13.5 Å². The minimum Gasteiger partial charge on any atom is -0.491 e. The molecule has 0 spiro atoms. The Labute approximate surface area is 128 Å². The highest BCUT2D eigenvalue weighted by atomic mass is 16.5. The van der Waals surface area contributed by atoms with E-state index in [4.69, 9.17) is 10.5 Å². The molecule has 0 bridgehead atoms. The minimum absolute atomic E-state index is 0.173. The molecule has 0 aromatic heterocycles. The summed E-state index contributed by atoms with van der Waals surface area (Å²) in [5, 5.41) is 0. The highest BCUT2D eigenvalue weighted by molar-refractivity contribution is 5.75. The Morgan fingerprint density at radius 3 is 2.71 bits per heavy atom. The Balaban J connectivity index is 2.25. The van der Waals surface area contributed by atoms with E-state index in [1.807, 2.05) is 38.2 Å². The average molecular weight is 292 g/mol. The van der Waals surface area contributed by atoms with E-state index in [1.54, 1.807) is 4.90 Å². The number of aryl methyl sites for hydroxylation is 1. The number of ether oxygens (including phenoxy) is 1. The molecule has 0 fully saturated rings. The molecule has 0 saturated carbocycles. The fraction of sp³-hybridized carbons (Fsp3) is 0.588. The number of carbonyl (C=O) groups is 1. The molecule has 0 aliphatic carbocycles. The summed E-state index contributed by atoms with van der Waals surface area (Å²) in [7, 11) is 1.83. The van der Waals surface area contributed by atoms with Crippen molar-refractivity contribution in [3.05, 3.63) is 29.8 Å². The van der Waals surface area contributed by atoms with Crippen molar-refractivity contribution in [1.82, 2.24) is 4.90 Å². The van der Waals surface area contributed by atoms with Gasteiger partial charge in [-0.1, -0.05) is 25.1 Å². The third-order valence-electron chi connectivity index (χ3n) is 3.71. The largest absolute Gasteiger partial charge is 0.491 e. The minimum atomic E-state index is 0.173. The van der Waals surface area contributed by atoms with Crippen LogP contribution in [0.15, 0.2) is 24.3 Å². The molecule has 0 saturated heterocycles. The molecular weight excluding hydrogens is 264 g/mol. The quantitative estimate of drug-likeness (QED) is 0.761. The molecule has 0 radical (unpaired) electrons. The number of para-hydroxylation sites is 1. The van der Waals surface area contributed by atoms with Crippen molar-refractivity contribution < 1.29 is 9.53 Å². The first kappa shape index (κ1) is 17.5. The summed E-state index contributed by atoms with van der Waals surface area (Å²) in [5.74, 6) is 1.57. The number of carbonyl (C=O) groups excluding carboxylic acids is 1. The molecule has 0 heterocycles. The lowest BCUT2D eigenvalue weighted by Gasteiger charge is -2.19. The Kier molecular flexibility index (Phi) is 7.83. The van der Waals surface area contributed by atoms with Crippen molar-refractivity contribution in [3.8, 4) is 5.75 Å². The number of benzene rings is 1. The van der Waals surface area contributed by atoms with Gasteiger partial charge in [0.25, 0.3) is 0 Å². The number of hydrogen-bond acceptors (Lipinski definition) is 3. The molecule has 1 rings (SSSR count). The highest BCUT2D eigenvalue weighted by Gasteiger charge is 2.11. The van der Waals surface area contributed by atoms with Crippen LogP contribution in [-0.4, -0.2) is 37.6 Å². The van der Waals surface area contributed by atoms with Crippen molar-refractivity contribution in [1.29, 1.82) is 0 Å². The monoisotopic (exact) mass is 292 g/mol. The third-order valence-corrected chi connectivity index (χ3v) is 3.71. The fourth-order valence-electron chi connectivity index (χ4n) is 2.13. The predicted molar refractivity (Wildman–Crippen MR) is 86.4 cm³/mol. The van der Waals surface area contributed by atoms with E-state index < -0.39 is 0 Å². The van der Waals surface area contributed by atoms with E-state index in [9.17, 15) is 4.79 Å². The van der Waals surface area contributed by atoms with Crippen molar-refractivity contribution >= 4 is 5.91 Å². The predicted octanol–water partition coefficient (Wildman–Crippen LogP) is 2.60. The van der Waals surface area contributed by atoms with Gasteiger partial charge in [0.15, 0.2) is 0 Å². The molecule has 1 atom stereocenters. The summed E-state index contributed by atoms with van der Waals surface area (Å²) in [4.78, 5) is 13.7. The van der Waals surface area contributed by atoms with Crippen LogP contribution >= 0.6 is 0 Å². The lowest BCUT2D eigenvalue weighted by Crippen LogP contribution is -2.31. The topological polar surface area (TPSA) is 55.6 Å². The normalized spacial score (nSPS) is 12.0. The van der Waals surface area contributed by atoms with Gasteiger partial charge < -0.3 is 15.4 Å². The van der Waals surface area contributed by atoms with Crippen LogP contribution < -0.4 is 10.5 Å². The molecule has 0 aliphatic rings. The van der Waals surface area contributed by atoms with E-state index >= 15 is 0 Å². The summed E-state index contributed by atoms with van der Waals surface area (Å²) >= 11 is 0. The SMILES string of the molecule is Cc1ccccc1OCCN(C)C(=O)CCC(C)CCN. The van der Waals surface area contributed by atoms with Crippen molar-refractivity contribution in [2.75, 3.05) is 26.7 Å². The van der Waals surface area contributed by atoms with Gasteiger partial charge in [0.1, 0.15) is 12.4 Å². The van der Waals surface area contributed by atoms with E-state index in [0.29, 0.717) is 32.0 Å². The Morgan fingerprint density at radius 1 is 1.33 bits per heavy atom. The molecule has 4 nitrogen and oxygen atoms in total. The first-order valence-corrected chi connectivity index (χ1v) is 7.67. The van der Waals surface area contributed by atoms with Crippen LogP contribution in [0.3, 0.4) is 0 Å². The van der Waals surface area contributed by atoms with Crippen LogP contribution in [0.25, 0.3) is 0 Å². The molecule has 0 aliphatic heterocycles. The number of amides is 1. The number of nitrogens with zero attached hydrogens (tertiary/aromatic N) is 1. The molecule has 4 heteroatoms. The van der Waals surface area contributed by atoms with Crippen LogP contribution in [0.1, 0.15) is 31.7 Å². The first-order chi connectivity index (χ1) is 10.0. The van der Waals surface area contributed by atoms with Crippen LogP contribution in [0, 0.1) is 12.8 Å². The second kappa shape index (κ2) is 9.40. The van der Waals surface area contributed by atoms with Gasteiger partial charge in [-0.2, -0.15) is 0 Å². The van der Waals surface area contributed by atoms with Gasteiger partial charge in [0.05, 0.1) is 6.54 Å². The number of rotatable bonds is 9. The van der Waals surface area contributed by atoms with Gasteiger partial charge in [-0.05, 0) is 43.9 Å². The van der Waals surface area contributed by atoms with Gasteiger partial charge in [0.2, 0.25) is 5.91 Å². The van der Waals surface area contributed by atoms with Crippen molar-refractivity contribution in [2.24, 2.45) is 11.7 Å². The summed E-state index contributed by atoms with van der Waals surface area (Å²) in [6.45, 7) is 5.98. The fourth-order valence-corrected chi connectivity index (χ4v) is 2.13. The van der Waals surface area contributed by atoms with Gasteiger partial charge in [-0.3, -0.25) is 4.79 Å². The van der Waals surface area contributed by atoms with Crippen LogP contribution in [0.2, 0.25) is 0 Å².